The maximum absolute atomic E-state index is 12.2. The number of nitrogens with zero attached hydrogens (tertiary/aromatic N) is 1. The third kappa shape index (κ3) is 7.91. The average Bonchev–Trinajstić information content (AvgIpc) is 2.17. The molecule has 0 saturated carbocycles. The molecule has 1 heterocycles. The fourth-order valence-corrected chi connectivity index (χ4v) is 2.62. The van der Waals surface area contributed by atoms with Gasteiger partial charge in [0.15, 0.2) is 6.23 Å². The minimum absolute atomic E-state index is 0.374. The van der Waals surface area contributed by atoms with E-state index in [1.165, 1.54) is 4.90 Å². The number of carbonyl (C=O) groups is 2. The van der Waals surface area contributed by atoms with Crippen molar-refractivity contribution in [3.63, 3.8) is 0 Å². The van der Waals surface area contributed by atoms with Gasteiger partial charge < -0.3 is 14.4 Å². The van der Waals surface area contributed by atoms with Crippen LogP contribution in [-0.2, 0) is 23.8 Å². The van der Waals surface area contributed by atoms with Crippen molar-refractivity contribution < 1.29 is 31.7 Å². The van der Waals surface area contributed by atoms with E-state index >= 15 is 0 Å². The average molecular weight is 380 g/mol. The minimum Gasteiger partial charge on any atom is -0.444 e. The summed E-state index contributed by atoms with van der Waals surface area (Å²) < 4.78 is 38.4. The van der Waals surface area contributed by atoms with Gasteiger partial charge in [-0.3, -0.25) is 5.32 Å². The number of carbonyl (C=O) groups excluding carboxylic acids is 2. The smallest absolute Gasteiger partial charge is 0.410 e. The Balaban J connectivity index is 2.86. The SMILES string of the molecule is CC(C)(C)OC(=O)N[C@@H](OS(C)(=O)=O)C1CCN1C(=O)OC(C)(C)C. The zero-order valence-corrected chi connectivity index (χ0v) is 16.6. The molecule has 0 aromatic carbocycles. The Morgan fingerprint density at radius 1 is 1.08 bits per heavy atom. The molecule has 25 heavy (non-hydrogen) atoms. The van der Waals surface area contributed by atoms with Crippen molar-refractivity contribution in [3.8, 4) is 0 Å². The van der Waals surface area contributed by atoms with Crippen LogP contribution in [0.2, 0.25) is 0 Å². The molecule has 0 spiro atoms. The molecule has 0 aromatic rings. The van der Waals surface area contributed by atoms with Crippen molar-refractivity contribution in [2.24, 2.45) is 0 Å². The highest BCUT2D eigenvalue weighted by Crippen LogP contribution is 2.25. The number of amides is 2. The van der Waals surface area contributed by atoms with E-state index in [4.69, 9.17) is 13.7 Å². The van der Waals surface area contributed by atoms with Crippen molar-refractivity contribution in [3.05, 3.63) is 0 Å². The predicted octanol–water partition coefficient (Wildman–Crippen LogP) is 1.82. The van der Waals surface area contributed by atoms with Crippen LogP contribution in [0.4, 0.5) is 9.59 Å². The molecular weight excluding hydrogens is 352 g/mol. The van der Waals surface area contributed by atoms with E-state index in [2.05, 4.69) is 5.32 Å². The van der Waals surface area contributed by atoms with E-state index in [0.29, 0.717) is 13.0 Å². The highest BCUT2D eigenvalue weighted by atomic mass is 32.2. The van der Waals surface area contributed by atoms with Gasteiger partial charge >= 0.3 is 12.2 Å². The van der Waals surface area contributed by atoms with Gasteiger partial charge in [-0.25, -0.2) is 13.8 Å². The first-order valence-corrected chi connectivity index (χ1v) is 9.76. The number of hydrogen-bond acceptors (Lipinski definition) is 7. The largest absolute Gasteiger partial charge is 0.444 e. The molecule has 0 aromatic heterocycles. The summed E-state index contributed by atoms with van der Waals surface area (Å²) in [6.45, 7) is 10.6. The van der Waals surface area contributed by atoms with E-state index in [-0.39, 0.29) is 0 Å². The van der Waals surface area contributed by atoms with Gasteiger partial charge in [-0.05, 0) is 48.0 Å². The molecule has 1 unspecified atom stereocenters. The van der Waals surface area contributed by atoms with Crippen LogP contribution >= 0.6 is 0 Å². The summed E-state index contributed by atoms with van der Waals surface area (Å²) in [5, 5.41) is 2.37. The molecule has 2 atom stereocenters. The third-order valence-electron chi connectivity index (χ3n) is 2.98. The first-order chi connectivity index (χ1) is 11.1. The molecule has 10 heteroatoms. The van der Waals surface area contributed by atoms with Crippen LogP contribution in [0.3, 0.4) is 0 Å². The van der Waals surface area contributed by atoms with Crippen LogP contribution in [0.1, 0.15) is 48.0 Å². The molecule has 0 radical (unpaired) electrons. The van der Waals surface area contributed by atoms with Crippen molar-refractivity contribution in [2.75, 3.05) is 12.8 Å². The van der Waals surface area contributed by atoms with Crippen LogP contribution in [0.25, 0.3) is 0 Å². The second kappa shape index (κ2) is 7.36. The molecule has 1 aliphatic heterocycles. The Kier molecular flexibility index (Phi) is 6.33. The lowest BCUT2D eigenvalue weighted by atomic mass is 10.0. The molecule has 1 saturated heterocycles. The Morgan fingerprint density at radius 3 is 1.96 bits per heavy atom. The number of hydrogen-bond donors (Lipinski definition) is 1. The first kappa shape index (κ1) is 21.5. The minimum atomic E-state index is -3.87. The molecule has 2 amide bonds. The standard InChI is InChI=1S/C15H28N2O7S/c1-14(2,3)22-12(18)16-11(24-25(7,20)21)10-8-9-17(10)13(19)23-15(4,5)6/h10-11H,8-9H2,1-7H3,(H,16,18)/t10?,11-/m0/s1. The lowest BCUT2D eigenvalue weighted by Crippen LogP contribution is -2.63. The van der Waals surface area contributed by atoms with Gasteiger partial charge in [-0.15, -0.1) is 0 Å². The van der Waals surface area contributed by atoms with Crippen molar-refractivity contribution in [2.45, 2.75) is 71.4 Å². The van der Waals surface area contributed by atoms with Crippen LogP contribution in [0.15, 0.2) is 0 Å². The summed E-state index contributed by atoms with van der Waals surface area (Å²) in [6.07, 6.45) is -1.37. The molecule has 1 rings (SSSR count). The van der Waals surface area contributed by atoms with E-state index in [9.17, 15) is 18.0 Å². The van der Waals surface area contributed by atoms with Gasteiger partial charge in [0.25, 0.3) is 10.1 Å². The fraction of sp³-hybridized carbons (Fsp3) is 0.867. The first-order valence-electron chi connectivity index (χ1n) is 7.95. The van der Waals surface area contributed by atoms with E-state index < -0.39 is 45.8 Å². The van der Waals surface area contributed by atoms with E-state index in [1.54, 1.807) is 41.5 Å². The molecule has 9 nitrogen and oxygen atoms in total. The maximum Gasteiger partial charge on any atom is 0.410 e. The number of ether oxygens (including phenoxy) is 2. The number of likely N-dealkylation sites (tertiary alicyclic amines) is 1. The third-order valence-corrected chi connectivity index (χ3v) is 3.54. The molecular formula is C15H28N2O7S. The second-order valence-corrected chi connectivity index (χ2v) is 9.50. The Hall–Kier alpha value is -1.55. The van der Waals surface area contributed by atoms with Gasteiger partial charge in [0.1, 0.15) is 11.2 Å². The highest BCUT2D eigenvalue weighted by Gasteiger charge is 2.43. The number of nitrogens with one attached hydrogen (secondary N) is 1. The van der Waals surface area contributed by atoms with Crippen molar-refractivity contribution in [1.82, 2.24) is 10.2 Å². The van der Waals surface area contributed by atoms with Crippen LogP contribution in [-0.4, -0.2) is 61.8 Å². The Bertz CT molecular complexity index is 604. The zero-order chi connectivity index (χ0) is 19.6. The van der Waals surface area contributed by atoms with Gasteiger partial charge in [-0.1, -0.05) is 0 Å². The predicted molar refractivity (Wildman–Crippen MR) is 90.4 cm³/mol. The van der Waals surface area contributed by atoms with Crippen LogP contribution in [0, 0.1) is 0 Å². The Morgan fingerprint density at radius 2 is 1.60 bits per heavy atom. The summed E-state index contributed by atoms with van der Waals surface area (Å²) in [4.78, 5) is 25.5. The van der Waals surface area contributed by atoms with Crippen LogP contribution < -0.4 is 5.32 Å². The molecule has 1 fully saturated rings. The normalized spacial score (nSPS) is 19.6. The lowest BCUT2D eigenvalue weighted by Gasteiger charge is -2.44. The molecule has 0 bridgehead atoms. The second-order valence-electron chi connectivity index (χ2n) is 7.90. The van der Waals surface area contributed by atoms with E-state index in [1.807, 2.05) is 0 Å². The van der Waals surface area contributed by atoms with Gasteiger partial charge in [0, 0.05) is 6.54 Å². The summed E-state index contributed by atoms with van der Waals surface area (Å²) in [7, 11) is -3.87. The summed E-state index contributed by atoms with van der Waals surface area (Å²) in [5.74, 6) is 0. The van der Waals surface area contributed by atoms with Gasteiger partial charge in [0.05, 0.1) is 12.3 Å². The topological polar surface area (TPSA) is 111 Å². The number of rotatable bonds is 4. The van der Waals surface area contributed by atoms with Crippen LogP contribution in [0.5, 0.6) is 0 Å². The van der Waals surface area contributed by atoms with Gasteiger partial charge in [0.2, 0.25) is 0 Å². The van der Waals surface area contributed by atoms with Crippen molar-refractivity contribution >= 4 is 22.3 Å². The lowest BCUT2D eigenvalue weighted by molar-refractivity contribution is -0.0424. The molecule has 146 valence electrons. The Labute approximate surface area is 149 Å². The summed E-state index contributed by atoms with van der Waals surface area (Å²) in [5.41, 5.74) is -1.45. The maximum atomic E-state index is 12.2. The van der Waals surface area contributed by atoms with Gasteiger partial charge in [-0.2, -0.15) is 8.42 Å². The quantitative estimate of drug-likeness (QED) is 0.585. The monoisotopic (exact) mass is 380 g/mol. The summed E-state index contributed by atoms with van der Waals surface area (Å²) >= 11 is 0. The zero-order valence-electron chi connectivity index (χ0n) is 15.8. The fourth-order valence-electron chi connectivity index (χ4n) is 2.07. The number of alkyl carbamates (subject to hydrolysis) is 1. The van der Waals surface area contributed by atoms with E-state index in [0.717, 1.165) is 6.26 Å². The van der Waals surface area contributed by atoms with Crippen molar-refractivity contribution in [1.29, 1.82) is 0 Å². The summed E-state index contributed by atoms with van der Waals surface area (Å²) in [6, 6.07) is -0.669. The molecule has 0 aliphatic carbocycles. The molecule has 1 aliphatic rings. The molecule has 1 N–H and O–H groups in total. The highest BCUT2D eigenvalue weighted by molar-refractivity contribution is 7.86.